The first-order valence-electron chi connectivity index (χ1n) is 7.96. The molecule has 2 unspecified atom stereocenters. The Kier molecular flexibility index (Phi) is 5.89. The van der Waals surface area contributed by atoms with Crippen molar-refractivity contribution in [1.29, 1.82) is 0 Å². The summed E-state index contributed by atoms with van der Waals surface area (Å²) in [5.74, 6) is 0. The van der Waals surface area contributed by atoms with Gasteiger partial charge in [-0.1, -0.05) is 42.8 Å². The third kappa shape index (κ3) is 5.74. The molecular formula is C17H28ClNOSi. The molecule has 118 valence electrons. The van der Waals surface area contributed by atoms with E-state index in [0.717, 1.165) is 18.1 Å². The Labute approximate surface area is 136 Å². The fourth-order valence-electron chi connectivity index (χ4n) is 3.17. The highest BCUT2D eigenvalue weighted by Crippen LogP contribution is 2.28. The standard InChI is InChI=1S/C17H28ClNOSi/c1-13-11-19(12-14(2)20-13)10-9-17(3,4)21-16-7-5-15(18)6-8-16/h5-8,13-14H,9-12,21H2,1-4H3. The van der Waals surface area contributed by atoms with Crippen LogP contribution < -0.4 is 5.19 Å². The molecule has 1 aliphatic heterocycles. The van der Waals surface area contributed by atoms with Gasteiger partial charge in [0.2, 0.25) is 0 Å². The Hall–Kier alpha value is -0.353. The predicted octanol–water partition coefficient (Wildman–Crippen LogP) is 2.83. The van der Waals surface area contributed by atoms with Gasteiger partial charge in [0, 0.05) is 18.1 Å². The van der Waals surface area contributed by atoms with E-state index in [1.54, 1.807) is 0 Å². The number of ether oxygens (including phenoxy) is 1. The third-order valence-electron chi connectivity index (χ3n) is 4.20. The minimum absolute atomic E-state index is 0.289. The summed E-state index contributed by atoms with van der Waals surface area (Å²) in [7, 11) is -0.289. The molecule has 0 aromatic heterocycles. The number of benzene rings is 1. The molecule has 0 saturated carbocycles. The molecule has 21 heavy (non-hydrogen) atoms. The fraction of sp³-hybridized carbons (Fsp3) is 0.647. The number of rotatable bonds is 5. The summed E-state index contributed by atoms with van der Waals surface area (Å²) in [6, 6.07) is 8.45. The molecule has 0 amide bonds. The number of morpholine rings is 1. The molecule has 0 radical (unpaired) electrons. The van der Waals surface area contributed by atoms with E-state index in [2.05, 4.69) is 44.7 Å². The van der Waals surface area contributed by atoms with Crippen LogP contribution in [-0.2, 0) is 4.74 Å². The van der Waals surface area contributed by atoms with E-state index < -0.39 is 0 Å². The SMILES string of the molecule is CC1CN(CCC(C)(C)[SiH2]c2ccc(Cl)cc2)CC(C)O1. The van der Waals surface area contributed by atoms with Crippen molar-refractivity contribution in [2.45, 2.75) is 51.4 Å². The van der Waals surface area contributed by atoms with Crippen molar-refractivity contribution in [2.24, 2.45) is 0 Å². The third-order valence-corrected chi connectivity index (χ3v) is 6.64. The summed E-state index contributed by atoms with van der Waals surface area (Å²) in [4.78, 5) is 2.57. The maximum atomic E-state index is 5.97. The lowest BCUT2D eigenvalue weighted by molar-refractivity contribution is -0.0685. The van der Waals surface area contributed by atoms with E-state index in [1.807, 2.05) is 12.1 Å². The fourth-order valence-corrected chi connectivity index (χ4v) is 5.21. The summed E-state index contributed by atoms with van der Waals surface area (Å²) >= 11 is 5.97. The quantitative estimate of drug-likeness (QED) is 0.772. The van der Waals surface area contributed by atoms with Crippen LogP contribution in [-0.4, -0.2) is 46.3 Å². The number of halogens is 1. The normalized spacial score (nSPS) is 24.8. The second kappa shape index (κ2) is 7.27. The summed E-state index contributed by atoms with van der Waals surface area (Å²) in [6.07, 6.45) is 2.00. The van der Waals surface area contributed by atoms with Crippen LogP contribution in [0.3, 0.4) is 0 Å². The van der Waals surface area contributed by atoms with Crippen LogP contribution in [0.15, 0.2) is 24.3 Å². The molecule has 1 fully saturated rings. The van der Waals surface area contributed by atoms with Crippen molar-refractivity contribution < 1.29 is 4.74 Å². The second-order valence-electron chi connectivity index (χ2n) is 7.23. The lowest BCUT2D eigenvalue weighted by Gasteiger charge is -2.37. The molecule has 1 aromatic carbocycles. The molecule has 0 spiro atoms. The Balaban J connectivity index is 1.84. The molecule has 2 atom stereocenters. The van der Waals surface area contributed by atoms with Crippen molar-refractivity contribution >= 4 is 26.3 Å². The molecule has 1 aromatic rings. The average molecular weight is 326 g/mol. The highest BCUT2D eigenvalue weighted by Gasteiger charge is 2.25. The largest absolute Gasteiger partial charge is 0.373 e. The maximum absolute atomic E-state index is 5.97. The van der Waals surface area contributed by atoms with Gasteiger partial charge in [-0.3, -0.25) is 4.90 Å². The predicted molar refractivity (Wildman–Crippen MR) is 94.7 cm³/mol. The minimum atomic E-state index is -0.289. The zero-order valence-electron chi connectivity index (χ0n) is 13.7. The number of nitrogens with zero attached hydrogens (tertiary/aromatic N) is 1. The van der Waals surface area contributed by atoms with Crippen molar-refractivity contribution in [1.82, 2.24) is 4.90 Å². The van der Waals surface area contributed by atoms with Gasteiger partial charge >= 0.3 is 0 Å². The molecule has 2 rings (SSSR count). The van der Waals surface area contributed by atoms with Crippen molar-refractivity contribution in [3.63, 3.8) is 0 Å². The molecule has 0 N–H and O–H groups in total. The first-order chi connectivity index (χ1) is 9.84. The molecule has 1 saturated heterocycles. The Morgan fingerprint density at radius 3 is 2.33 bits per heavy atom. The van der Waals surface area contributed by atoms with Gasteiger partial charge in [-0.2, -0.15) is 0 Å². The van der Waals surface area contributed by atoms with Crippen LogP contribution in [0.4, 0.5) is 0 Å². The molecule has 2 nitrogen and oxygen atoms in total. The Bertz CT molecular complexity index is 439. The highest BCUT2D eigenvalue weighted by atomic mass is 35.5. The van der Waals surface area contributed by atoms with Crippen molar-refractivity contribution in [3.05, 3.63) is 29.3 Å². The zero-order valence-corrected chi connectivity index (χ0v) is 15.9. The van der Waals surface area contributed by atoms with E-state index in [-0.39, 0.29) is 9.52 Å². The summed E-state index contributed by atoms with van der Waals surface area (Å²) in [5.41, 5.74) is 0. The second-order valence-corrected chi connectivity index (χ2v) is 10.8. The van der Waals surface area contributed by atoms with Crippen LogP contribution in [0.5, 0.6) is 0 Å². The van der Waals surface area contributed by atoms with Gasteiger partial charge in [0.05, 0.1) is 21.7 Å². The van der Waals surface area contributed by atoms with Gasteiger partial charge in [0.1, 0.15) is 0 Å². The maximum Gasteiger partial charge on any atom is 0.0678 e. The molecule has 1 heterocycles. The van der Waals surface area contributed by atoms with Crippen LogP contribution in [0.1, 0.15) is 34.1 Å². The first-order valence-corrected chi connectivity index (χ1v) is 9.75. The van der Waals surface area contributed by atoms with Gasteiger partial charge in [0.25, 0.3) is 0 Å². The molecule has 0 aliphatic carbocycles. The van der Waals surface area contributed by atoms with E-state index in [1.165, 1.54) is 18.2 Å². The lowest BCUT2D eigenvalue weighted by atomic mass is 10.1. The van der Waals surface area contributed by atoms with Crippen LogP contribution in [0.25, 0.3) is 0 Å². The molecule has 1 aliphatic rings. The van der Waals surface area contributed by atoms with Gasteiger partial charge in [-0.05, 0) is 44.0 Å². The van der Waals surface area contributed by atoms with Crippen LogP contribution in [0.2, 0.25) is 10.1 Å². The lowest BCUT2D eigenvalue weighted by Crippen LogP contribution is -2.46. The highest BCUT2D eigenvalue weighted by molar-refractivity contribution is 6.56. The minimum Gasteiger partial charge on any atom is -0.373 e. The molecular weight excluding hydrogens is 298 g/mol. The topological polar surface area (TPSA) is 12.5 Å². The van der Waals surface area contributed by atoms with E-state index >= 15 is 0 Å². The summed E-state index contributed by atoms with van der Waals surface area (Å²) in [5, 5.41) is 2.79. The summed E-state index contributed by atoms with van der Waals surface area (Å²) < 4.78 is 5.81. The van der Waals surface area contributed by atoms with Crippen molar-refractivity contribution in [3.8, 4) is 0 Å². The van der Waals surface area contributed by atoms with Crippen LogP contribution in [0, 0.1) is 0 Å². The van der Waals surface area contributed by atoms with E-state index in [9.17, 15) is 0 Å². The first kappa shape index (κ1) is 17.0. The van der Waals surface area contributed by atoms with Gasteiger partial charge in [0.15, 0.2) is 0 Å². The molecule has 0 bridgehead atoms. The Morgan fingerprint density at radius 1 is 1.19 bits per heavy atom. The monoisotopic (exact) mass is 325 g/mol. The van der Waals surface area contributed by atoms with E-state index in [0.29, 0.717) is 17.2 Å². The van der Waals surface area contributed by atoms with Gasteiger partial charge < -0.3 is 4.74 Å². The Morgan fingerprint density at radius 2 is 1.76 bits per heavy atom. The summed E-state index contributed by atoms with van der Waals surface area (Å²) in [6.45, 7) is 12.5. The van der Waals surface area contributed by atoms with Gasteiger partial charge in [-0.15, -0.1) is 0 Å². The zero-order chi connectivity index (χ0) is 15.5. The van der Waals surface area contributed by atoms with Crippen LogP contribution >= 0.6 is 11.6 Å². The average Bonchev–Trinajstić information content (AvgIpc) is 2.38. The number of hydrogen-bond acceptors (Lipinski definition) is 2. The van der Waals surface area contributed by atoms with E-state index in [4.69, 9.17) is 16.3 Å². The smallest absolute Gasteiger partial charge is 0.0678 e. The molecule has 4 heteroatoms. The number of hydrogen-bond donors (Lipinski definition) is 0. The van der Waals surface area contributed by atoms with Gasteiger partial charge in [-0.25, -0.2) is 0 Å². The van der Waals surface area contributed by atoms with Crippen molar-refractivity contribution in [2.75, 3.05) is 19.6 Å².